The normalized spacial score (nSPS) is 12.9. The Bertz CT molecular complexity index is 1100. The summed E-state index contributed by atoms with van der Waals surface area (Å²) in [4.78, 5) is 27.2. The number of nitro groups is 1. The van der Waals surface area contributed by atoms with Crippen molar-refractivity contribution in [1.29, 1.82) is 0 Å². The first kappa shape index (κ1) is 19.9. The minimum atomic E-state index is -0.580. The molecule has 0 aliphatic carbocycles. The molecule has 7 nitrogen and oxygen atoms in total. The van der Waals surface area contributed by atoms with E-state index in [0.717, 1.165) is 47.8 Å². The van der Waals surface area contributed by atoms with E-state index in [9.17, 15) is 14.9 Å². The van der Waals surface area contributed by atoms with E-state index in [1.54, 1.807) is 11.9 Å². The van der Waals surface area contributed by atoms with Crippen LogP contribution in [0.3, 0.4) is 0 Å². The van der Waals surface area contributed by atoms with E-state index in [2.05, 4.69) is 29.2 Å². The van der Waals surface area contributed by atoms with E-state index in [1.165, 1.54) is 18.7 Å². The average Bonchev–Trinajstić information content (AvgIpc) is 3.24. The standard InChI is InChI=1S/C22H21N3O4S/c1-23(19-14-20(22(26)29-2)30-21(19)25(27)28)17-11-10-15-7-6-12-24(18(15)13-17)16-8-4-3-5-9-16/h3-5,8-11,13-14H,6-7,12H2,1-2H3. The van der Waals surface area contributed by atoms with Crippen LogP contribution in [0.15, 0.2) is 54.6 Å². The van der Waals surface area contributed by atoms with E-state index in [0.29, 0.717) is 5.69 Å². The zero-order valence-electron chi connectivity index (χ0n) is 16.7. The number of carbonyl (C=O) groups is 1. The van der Waals surface area contributed by atoms with Crippen molar-refractivity contribution in [3.05, 3.63) is 75.2 Å². The third-order valence-corrected chi connectivity index (χ3v) is 6.31. The number of thiophene rings is 1. The van der Waals surface area contributed by atoms with Crippen molar-refractivity contribution in [3.63, 3.8) is 0 Å². The number of nitrogens with zero attached hydrogens (tertiary/aromatic N) is 3. The van der Waals surface area contributed by atoms with Gasteiger partial charge in [-0.3, -0.25) is 10.1 Å². The van der Waals surface area contributed by atoms with Crippen LogP contribution in [0.2, 0.25) is 0 Å². The quantitative estimate of drug-likeness (QED) is 0.315. The van der Waals surface area contributed by atoms with E-state index >= 15 is 0 Å². The van der Waals surface area contributed by atoms with Crippen molar-refractivity contribution in [1.82, 2.24) is 0 Å². The minimum absolute atomic E-state index is 0.0875. The van der Waals surface area contributed by atoms with Gasteiger partial charge in [0.2, 0.25) is 0 Å². The Balaban J connectivity index is 1.75. The highest BCUT2D eigenvalue weighted by Gasteiger charge is 2.27. The van der Waals surface area contributed by atoms with Gasteiger partial charge in [-0.15, -0.1) is 0 Å². The summed E-state index contributed by atoms with van der Waals surface area (Å²) in [5.41, 5.74) is 4.65. The smallest absolute Gasteiger partial charge is 0.348 e. The number of ether oxygens (including phenoxy) is 1. The fourth-order valence-electron chi connectivity index (χ4n) is 3.73. The fraction of sp³-hybridized carbons (Fsp3) is 0.227. The van der Waals surface area contributed by atoms with Crippen LogP contribution in [-0.2, 0) is 11.2 Å². The van der Waals surface area contributed by atoms with Crippen molar-refractivity contribution in [2.75, 3.05) is 30.5 Å². The maximum atomic E-state index is 11.9. The first-order valence-electron chi connectivity index (χ1n) is 9.55. The van der Waals surface area contributed by atoms with Crippen molar-refractivity contribution in [2.24, 2.45) is 0 Å². The number of para-hydroxylation sites is 1. The first-order chi connectivity index (χ1) is 14.5. The van der Waals surface area contributed by atoms with E-state index in [4.69, 9.17) is 4.74 Å². The molecule has 30 heavy (non-hydrogen) atoms. The lowest BCUT2D eigenvalue weighted by Gasteiger charge is -2.32. The van der Waals surface area contributed by atoms with E-state index < -0.39 is 10.9 Å². The highest BCUT2D eigenvalue weighted by molar-refractivity contribution is 7.17. The molecule has 3 aromatic rings. The van der Waals surface area contributed by atoms with Crippen LogP contribution in [-0.4, -0.2) is 31.6 Å². The van der Waals surface area contributed by atoms with Crippen LogP contribution in [0.25, 0.3) is 0 Å². The number of anilines is 4. The second-order valence-electron chi connectivity index (χ2n) is 7.01. The number of hydrogen-bond donors (Lipinski definition) is 0. The molecule has 0 radical (unpaired) electrons. The fourth-order valence-corrected chi connectivity index (χ4v) is 4.65. The summed E-state index contributed by atoms with van der Waals surface area (Å²) in [6, 6.07) is 17.8. The van der Waals surface area contributed by atoms with Gasteiger partial charge in [-0.05, 0) is 48.7 Å². The number of fused-ring (bicyclic) bond motifs is 1. The second-order valence-corrected chi connectivity index (χ2v) is 8.04. The van der Waals surface area contributed by atoms with Crippen molar-refractivity contribution < 1.29 is 14.5 Å². The SMILES string of the molecule is COC(=O)c1cc(N(C)c2ccc3c(c2)N(c2ccccc2)CCC3)c([N+](=O)[O-])s1. The number of carbonyl (C=O) groups excluding carboxylic acids is 1. The summed E-state index contributed by atoms with van der Waals surface area (Å²) in [5.74, 6) is -0.580. The molecular weight excluding hydrogens is 402 g/mol. The number of benzene rings is 2. The minimum Gasteiger partial charge on any atom is -0.465 e. The lowest BCUT2D eigenvalue weighted by atomic mass is 10.00. The topological polar surface area (TPSA) is 75.9 Å². The summed E-state index contributed by atoms with van der Waals surface area (Å²) in [5, 5.41) is 11.5. The van der Waals surface area contributed by atoms with Gasteiger partial charge in [0.15, 0.2) is 0 Å². The maximum Gasteiger partial charge on any atom is 0.348 e. The molecule has 2 aromatic carbocycles. The van der Waals surface area contributed by atoms with Crippen molar-refractivity contribution in [2.45, 2.75) is 12.8 Å². The van der Waals surface area contributed by atoms with Crippen molar-refractivity contribution >= 4 is 45.1 Å². The zero-order valence-corrected chi connectivity index (χ0v) is 17.5. The lowest BCUT2D eigenvalue weighted by molar-refractivity contribution is -0.379. The molecule has 0 fully saturated rings. The summed E-state index contributed by atoms with van der Waals surface area (Å²) >= 11 is 0.824. The molecular formula is C22H21N3O4S. The summed E-state index contributed by atoms with van der Waals surface area (Å²) in [6.07, 6.45) is 2.06. The highest BCUT2D eigenvalue weighted by Crippen LogP contribution is 2.42. The van der Waals surface area contributed by atoms with Gasteiger partial charge in [-0.2, -0.15) is 0 Å². The van der Waals surface area contributed by atoms with Gasteiger partial charge in [-0.1, -0.05) is 35.6 Å². The number of hydrogen-bond acceptors (Lipinski definition) is 7. The number of methoxy groups -OCH3 is 1. The largest absolute Gasteiger partial charge is 0.465 e. The van der Waals surface area contributed by atoms with Crippen LogP contribution in [0.5, 0.6) is 0 Å². The van der Waals surface area contributed by atoms with Gasteiger partial charge in [0, 0.05) is 30.7 Å². The molecule has 0 atom stereocenters. The van der Waals surface area contributed by atoms with Crippen LogP contribution in [0, 0.1) is 10.1 Å². The molecule has 2 heterocycles. The van der Waals surface area contributed by atoms with Crippen molar-refractivity contribution in [3.8, 4) is 0 Å². The third kappa shape index (κ3) is 3.61. The molecule has 0 unspecified atom stereocenters. The molecule has 0 saturated carbocycles. The summed E-state index contributed by atoms with van der Waals surface area (Å²) in [7, 11) is 3.03. The van der Waals surface area contributed by atoms with Gasteiger partial charge < -0.3 is 14.5 Å². The van der Waals surface area contributed by atoms with Crippen LogP contribution < -0.4 is 9.80 Å². The summed E-state index contributed by atoms with van der Waals surface area (Å²) in [6.45, 7) is 0.912. The van der Waals surface area contributed by atoms with E-state index in [-0.39, 0.29) is 9.88 Å². The Labute approximate surface area is 178 Å². The predicted octanol–water partition coefficient (Wildman–Crippen LogP) is 5.30. The van der Waals surface area contributed by atoms with Crippen LogP contribution >= 0.6 is 11.3 Å². The zero-order chi connectivity index (χ0) is 21.3. The Morgan fingerprint density at radius 1 is 1.20 bits per heavy atom. The highest BCUT2D eigenvalue weighted by atomic mass is 32.1. The molecule has 8 heteroatoms. The number of rotatable bonds is 5. The molecule has 1 aromatic heterocycles. The van der Waals surface area contributed by atoms with Crippen LogP contribution in [0.4, 0.5) is 27.8 Å². The third-order valence-electron chi connectivity index (χ3n) is 5.25. The molecule has 1 aliphatic heterocycles. The Morgan fingerprint density at radius 2 is 1.97 bits per heavy atom. The van der Waals surface area contributed by atoms with Crippen LogP contribution in [0.1, 0.15) is 21.7 Å². The van der Waals surface area contributed by atoms with E-state index in [1.807, 2.05) is 24.3 Å². The molecule has 154 valence electrons. The Hall–Kier alpha value is -3.39. The van der Waals surface area contributed by atoms with Gasteiger partial charge in [0.05, 0.1) is 12.0 Å². The molecule has 1 aliphatic rings. The molecule has 4 rings (SSSR count). The number of aryl methyl sites for hydroxylation is 1. The van der Waals surface area contributed by atoms with Gasteiger partial charge in [0.1, 0.15) is 10.6 Å². The first-order valence-corrected chi connectivity index (χ1v) is 10.4. The van der Waals surface area contributed by atoms with Gasteiger partial charge >= 0.3 is 11.0 Å². The molecule has 0 bridgehead atoms. The second kappa shape index (κ2) is 8.16. The Kier molecular flexibility index (Phi) is 5.41. The van der Waals surface area contributed by atoms with Gasteiger partial charge in [-0.25, -0.2) is 4.79 Å². The Morgan fingerprint density at radius 3 is 2.67 bits per heavy atom. The monoisotopic (exact) mass is 423 g/mol. The molecule has 0 spiro atoms. The molecule has 0 amide bonds. The molecule has 0 N–H and O–H groups in total. The number of esters is 1. The average molecular weight is 423 g/mol. The molecule has 0 saturated heterocycles. The predicted molar refractivity (Wildman–Crippen MR) is 119 cm³/mol. The summed E-state index contributed by atoms with van der Waals surface area (Å²) < 4.78 is 4.73. The van der Waals surface area contributed by atoms with Gasteiger partial charge in [0.25, 0.3) is 0 Å². The lowest BCUT2D eigenvalue weighted by Crippen LogP contribution is -2.25. The maximum absolute atomic E-state index is 11.9.